The summed E-state index contributed by atoms with van der Waals surface area (Å²) in [7, 11) is 1.43. The molecule has 11 heteroatoms. The van der Waals surface area contributed by atoms with Crippen molar-refractivity contribution in [2.24, 2.45) is 17.1 Å². The number of carbonyl (C=O) groups is 4. The van der Waals surface area contributed by atoms with Gasteiger partial charge in [-0.05, 0) is 31.5 Å². The van der Waals surface area contributed by atoms with Gasteiger partial charge in [-0.2, -0.15) is 0 Å². The van der Waals surface area contributed by atoms with Crippen LogP contribution in [-0.4, -0.2) is 49.2 Å². The van der Waals surface area contributed by atoms with Crippen LogP contribution in [0.2, 0.25) is 0 Å². The van der Waals surface area contributed by atoms with E-state index < -0.39 is 41.4 Å². The summed E-state index contributed by atoms with van der Waals surface area (Å²) in [6.07, 6.45) is 14.5. The number of rotatable bonds is 14. The molecule has 4 N–H and O–H groups in total. The number of cyclic esters (lactones) is 1. The standard InChI is InChI=1S/C31H44ClN3O7/c1-20(19-21(2)24-16-17-25(40-7)29(38)42-24)11-8-9-13-26(36)35-27(31(4,5)6)28(37)34-18-10-12-23(41-30(33)39)15-14-22(3)32/h8-11,13-14,17-19,21,23-24,27H,12,15-16H2,1-7H3,(H2,33,39)(H,34,37)(H,35,36)/b11-8+,13-9+,18-10+,20-19+,22-14-/t21-,23+,24?,27?/m1/s1. The molecule has 0 spiro atoms. The molecule has 3 amide bonds. The summed E-state index contributed by atoms with van der Waals surface area (Å²) in [4.78, 5) is 48.5. The molecule has 42 heavy (non-hydrogen) atoms. The first-order chi connectivity index (χ1) is 19.6. The van der Waals surface area contributed by atoms with Crippen LogP contribution >= 0.6 is 11.6 Å². The Morgan fingerprint density at radius 3 is 2.43 bits per heavy atom. The first kappa shape index (κ1) is 36.2. The van der Waals surface area contributed by atoms with Crippen LogP contribution in [0.5, 0.6) is 0 Å². The van der Waals surface area contributed by atoms with E-state index in [1.807, 2.05) is 46.8 Å². The van der Waals surface area contributed by atoms with Crippen LogP contribution in [0, 0.1) is 11.3 Å². The second kappa shape index (κ2) is 17.9. The Morgan fingerprint density at radius 2 is 1.86 bits per heavy atom. The lowest BCUT2D eigenvalue weighted by molar-refractivity contribution is -0.151. The number of allylic oxidation sites excluding steroid dienone is 5. The number of esters is 1. The number of halogens is 1. The van der Waals surface area contributed by atoms with Crippen molar-refractivity contribution in [1.29, 1.82) is 0 Å². The van der Waals surface area contributed by atoms with Crippen molar-refractivity contribution < 1.29 is 33.4 Å². The van der Waals surface area contributed by atoms with E-state index in [0.717, 1.165) is 5.57 Å². The molecular weight excluding hydrogens is 562 g/mol. The number of primary amides is 1. The number of nitrogens with one attached hydrogen (secondary N) is 2. The van der Waals surface area contributed by atoms with E-state index in [2.05, 4.69) is 10.6 Å². The zero-order valence-electron chi connectivity index (χ0n) is 25.4. The predicted molar refractivity (Wildman–Crippen MR) is 163 cm³/mol. The number of methoxy groups -OCH3 is 1. The number of carbonyl (C=O) groups excluding carboxylic acids is 4. The smallest absolute Gasteiger partial charge is 0.404 e. The zero-order valence-corrected chi connectivity index (χ0v) is 26.2. The number of hydrogen-bond donors (Lipinski definition) is 3. The van der Waals surface area contributed by atoms with E-state index in [0.29, 0.717) is 24.3 Å². The summed E-state index contributed by atoms with van der Waals surface area (Å²) < 4.78 is 15.5. The van der Waals surface area contributed by atoms with Crippen LogP contribution < -0.4 is 16.4 Å². The van der Waals surface area contributed by atoms with Crippen molar-refractivity contribution in [2.45, 2.75) is 79.1 Å². The molecule has 2 unspecified atom stereocenters. The topological polar surface area (TPSA) is 146 Å². The lowest BCUT2D eigenvalue weighted by atomic mass is 9.86. The van der Waals surface area contributed by atoms with E-state index in [1.54, 1.807) is 37.3 Å². The summed E-state index contributed by atoms with van der Waals surface area (Å²) in [5.74, 6) is -1.10. The first-order valence-electron chi connectivity index (χ1n) is 13.7. The third-order valence-corrected chi connectivity index (χ3v) is 6.30. The molecule has 0 aromatic carbocycles. The van der Waals surface area contributed by atoms with Gasteiger partial charge in [-0.25, -0.2) is 9.59 Å². The fourth-order valence-corrected chi connectivity index (χ4v) is 4.02. The van der Waals surface area contributed by atoms with Gasteiger partial charge < -0.3 is 30.6 Å². The van der Waals surface area contributed by atoms with Gasteiger partial charge in [0, 0.05) is 36.3 Å². The molecule has 0 saturated heterocycles. The Bertz CT molecular complexity index is 1140. The Hall–Kier alpha value is -3.79. The molecular formula is C31H44ClN3O7. The Labute approximate surface area is 253 Å². The van der Waals surface area contributed by atoms with Crippen molar-refractivity contribution in [2.75, 3.05) is 7.11 Å². The molecule has 1 aliphatic heterocycles. The zero-order chi connectivity index (χ0) is 31.9. The summed E-state index contributed by atoms with van der Waals surface area (Å²) in [5.41, 5.74) is 5.48. The molecule has 0 aliphatic carbocycles. The normalized spacial score (nSPS) is 18.8. The minimum Gasteiger partial charge on any atom is -0.490 e. The summed E-state index contributed by atoms with van der Waals surface area (Å²) >= 11 is 5.84. The summed E-state index contributed by atoms with van der Waals surface area (Å²) in [6, 6.07) is -0.823. The third kappa shape index (κ3) is 14.2. The minimum atomic E-state index is -0.900. The molecule has 0 aromatic heterocycles. The number of amides is 3. The fraction of sp³-hybridized carbons (Fsp3) is 0.484. The SMILES string of the molecule is COC1=CCC([C@H](C)/C=C(C)/C=C/C=C/C(=O)NC(C(=O)N/C=C/C[C@@H](C/C=C(/C)Cl)OC(N)=O)C(C)(C)C)OC1=O. The Balaban J connectivity index is 2.70. The molecule has 1 aliphatic rings. The maximum absolute atomic E-state index is 12.9. The average molecular weight is 606 g/mol. The second-order valence-electron chi connectivity index (χ2n) is 11.0. The lowest BCUT2D eigenvalue weighted by Crippen LogP contribution is -2.52. The molecule has 1 heterocycles. The van der Waals surface area contributed by atoms with Crippen molar-refractivity contribution in [1.82, 2.24) is 10.6 Å². The predicted octanol–water partition coefficient (Wildman–Crippen LogP) is 5.07. The van der Waals surface area contributed by atoms with Crippen LogP contribution in [0.4, 0.5) is 4.79 Å². The minimum absolute atomic E-state index is 0.0196. The molecule has 1 rings (SSSR count). The second-order valence-corrected chi connectivity index (χ2v) is 11.6. The van der Waals surface area contributed by atoms with Gasteiger partial charge in [-0.1, -0.05) is 81.3 Å². The van der Waals surface area contributed by atoms with Crippen molar-refractivity contribution in [3.05, 3.63) is 71.2 Å². The highest BCUT2D eigenvalue weighted by Gasteiger charge is 2.32. The quantitative estimate of drug-likeness (QED) is 0.142. The highest BCUT2D eigenvalue weighted by Crippen LogP contribution is 2.23. The van der Waals surface area contributed by atoms with Crippen LogP contribution in [0.3, 0.4) is 0 Å². The van der Waals surface area contributed by atoms with Crippen LogP contribution in [0.25, 0.3) is 0 Å². The Kier molecular flexibility index (Phi) is 15.4. The van der Waals surface area contributed by atoms with Crippen molar-refractivity contribution in [3.8, 4) is 0 Å². The first-order valence-corrected chi connectivity index (χ1v) is 14.0. The van der Waals surface area contributed by atoms with Gasteiger partial charge in [0.05, 0.1) is 7.11 Å². The largest absolute Gasteiger partial charge is 0.490 e. The van der Waals surface area contributed by atoms with Crippen molar-refractivity contribution in [3.63, 3.8) is 0 Å². The highest BCUT2D eigenvalue weighted by molar-refractivity contribution is 6.29. The number of hydrogen-bond acceptors (Lipinski definition) is 7. The fourth-order valence-electron chi connectivity index (χ4n) is 3.93. The average Bonchev–Trinajstić information content (AvgIpc) is 2.89. The number of ether oxygens (including phenoxy) is 3. The monoisotopic (exact) mass is 605 g/mol. The lowest BCUT2D eigenvalue weighted by Gasteiger charge is -2.29. The van der Waals surface area contributed by atoms with Gasteiger partial charge in [0.15, 0.2) is 5.76 Å². The van der Waals surface area contributed by atoms with Gasteiger partial charge >= 0.3 is 12.1 Å². The summed E-state index contributed by atoms with van der Waals surface area (Å²) in [6.45, 7) is 11.1. The third-order valence-electron chi connectivity index (χ3n) is 6.15. The molecule has 0 radical (unpaired) electrons. The van der Waals surface area contributed by atoms with E-state index in [-0.39, 0.29) is 17.8 Å². The maximum atomic E-state index is 12.9. The van der Waals surface area contributed by atoms with E-state index in [9.17, 15) is 19.2 Å². The molecule has 0 bridgehead atoms. The molecule has 0 aromatic rings. The van der Waals surface area contributed by atoms with Crippen LogP contribution in [-0.2, 0) is 28.6 Å². The summed E-state index contributed by atoms with van der Waals surface area (Å²) in [5, 5.41) is 5.98. The molecule has 232 valence electrons. The molecule has 4 atom stereocenters. The van der Waals surface area contributed by atoms with Crippen LogP contribution in [0.15, 0.2) is 71.2 Å². The van der Waals surface area contributed by atoms with Gasteiger partial charge in [-0.15, -0.1) is 0 Å². The molecule has 10 nitrogen and oxygen atoms in total. The van der Waals surface area contributed by atoms with Crippen LogP contribution in [0.1, 0.15) is 60.8 Å². The van der Waals surface area contributed by atoms with Gasteiger partial charge in [-0.3, -0.25) is 9.59 Å². The van der Waals surface area contributed by atoms with E-state index >= 15 is 0 Å². The van der Waals surface area contributed by atoms with E-state index in [4.69, 9.17) is 31.5 Å². The molecule has 0 fully saturated rings. The van der Waals surface area contributed by atoms with Crippen molar-refractivity contribution >= 4 is 35.5 Å². The Morgan fingerprint density at radius 1 is 1.19 bits per heavy atom. The maximum Gasteiger partial charge on any atom is 0.404 e. The van der Waals surface area contributed by atoms with Gasteiger partial charge in [0.2, 0.25) is 11.8 Å². The van der Waals surface area contributed by atoms with E-state index in [1.165, 1.54) is 19.4 Å². The number of nitrogens with two attached hydrogens (primary N) is 1. The highest BCUT2D eigenvalue weighted by atomic mass is 35.5. The molecule has 0 saturated carbocycles. The van der Waals surface area contributed by atoms with Gasteiger partial charge in [0.25, 0.3) is 0 Å². The van der Waals surface area contributed by atoms with Gasteiger partial charge in [0.1, 0.15) is 18.2 Å².